The Morgan fingerprint density at radius 2 is 1.68 bits per heavy atom. The Morgan fingerprint density at radius 1 is 1.00 bits per heavy atom. The van der Waals surface area contributed by atoms with Crippen LogP contribution in [0.5, 0.6) is 0 Å². The van der Waals surface area contributed by atoms with Crippen molar-refractivity contribution < 1.29 is 9.47 Å². The highest BCUT2D eigenvalue weighted by Crippen LogP contribution is 2.10. The molecule has 1 rings (SSSR count). The van der Waals surface area contributed by atoms with Crippen LogP contribution < -0.4 is 5.32 Å². The third-order valence-electron chi connectivity index (χ3n) is 2.76. The smallest absolute Gasteiger partial charge is 0.0721 e. The summed E-state index contributed by atoms with van der Waals surface area (Å²) in [6.07, 6.45) is 0.270. The number of benzene rings is 1. The molecule has 0 aromatic heterocycles. The van der Waals surface area contributed by atoms with E-state index in [1.165, 1.54) is 11.1 Å². The number of hydrogen-bond donors (Lipinski definition) is 1. The maximum atomic E-state index is 5.66. The van der Waals surface area contributed by atoms with Gasteiger partial charge in [-0.15, -0.1) is 0 Å². The highest BCUT2D eigenvalue weighted by Gasteiger charge is 2.03. The zero-order valence-electron chi connectivity index (χ0n) is 12.6. The molecule has 1 aromatic carbocycles. The third-order valence-corrected chi connectivity index (χ3v) is 2.76. The van der Waals surface area contributed by atoms with E-state index in [4.69, 9.17) is 9.47 Å². The first-order valence-electron chi connectivity index (χ1n) is 7.09. The Kier molecular flexibility index (Phi) is 7.72. The lowest BCUT2D eigenvalue weighted by atomic mass is 10.1. The standard InChI is InChI=1S/C16H27NO2/c1-13(2)17-11-15-7-5-6-8-16(15)12-18-9-10-19-14(3)4/h5-8,13-14,17H,9-12H2,1-4H3. The van der Waals surface area contributed by atoms with Crippen molar-refractivity contribution in [2.75, 3.05) is 13.2 Å². The molecule has 0 amide bonds. The molecule has 0 saturated heterocycles. The molecule has 0 unspecified atom stereocenters. The first-order valence-corrected chi connectivity index (χ1v) is 7.09. The maximum absolute atomic E-state index is 5.66. The Labute approximate surface area is 117 Å². The Hall–Kier alpha value is -0.900. The van der Waals surface area contributed by atoms with Gasteiger partial charge in [0.05, 0.1) is 25.9 Å². The topological polar surface area (TPSA) is 30.5 Å². The number of hydrogen-bond acceptors (Lipinski definition) is 3. The largest absolute Gasteiger partial charge is 0.376 e. The van der Waals surface area contributed by atoms with Crippen LogP contribution in [0.4, 0.5) is 0 Å². The number of ether oxygens (including phenoxy) is 2. The van der Waals surface area contributed by atoms with Crippen molar-refractivity contribution in [2.45, 2.75) is 53.0 Å². The summed E-state index contributed by atoms with van der Waals surface area (Å²) in [6.45, 7) is 11.2. The molecule has 0 saturated carbocycles. The van der Waals surface area contributed by atoms with E-state index in [9.17, 15) is 0 Å². The fourth-order valence-corrected chi connectivity index (χ4v) is 1.71. The molecule has 0 aliphatic rings. The molecular formula is C16H27NO2. The summed E-state index contributed by atoms with van der Waals surface area (Å²) in [4.78, 5) is 0. The molecule has 0 heterocycles. The molecule has 0 spiro atoms. The van der Waals surface area contributed by atoms with Crippen LogP contribution in [-0.2, 0) is 22.6 Å². The second-order valence-corrected chi connectivity index (χ2v) is 5.28. The average Bonchev–Trinajstić information content (AvgIpc) is 2.36. The van der Waals surface area contributed by atoms with Gasteiger partial charge in [-0.1, -0.05) is 38.1 Å². The highest BCUT2D eigenvalue weighted by molar-refractivity contribution is 5.26. The van der Waals surface area contributed by atoms with E-state index < -0.39 is 0 Å². The molecule has 0 bridgehead atoms. The normalized spacial score (nSPS) is 11.5. The molecule has 1 N–H and O–H groups in total. The van der Waals surface area contributed by atoms with Crippen LogP contribution in [0.2, 0.25) is 0 Å². The van der Waals surface area contributed by atoms with Crippen molar-refractivity contribution in [3.63, 3.8) is 0 Å². The second-order valence-electron chi connectivity index (χ2n) is 5.28. The minimum Gasteiger partial charge on any atom is -0.376 e. The van der Waals surface area contributed by atoms with Crippen molar-refractivity contribution >= 4 is 0 Å². The van der Waals surface area contributed by atoms with E-state index in [-0.39, 0.29) is 6.10 Å². The molecule has 3 heteroatoms. The van der Waals surface area contributed by atoms with Crippen LogP contribution in [0.25, 0.3) is 0 Å². The molecule has 0 aliphatic heterocycles. The molecule has 1 aromatic rings. The van der Waals surface area contributed by atoms with Gasteiger partial charge >= 0.3 is 0 Å². The third kappa shape index (κ3) is 7.31. The van der Waals surface area contributed by atoms with Crippen LogP contribution in [-0.4, -0.2) is 25.4 Å². The summed E-state index contributed by atoms with van der Waals surface area (Å²) in [5.41, 5.74) is 2.56. The van der Waals surface area contributed by atoms with Crippen molar-refractivity contribution in [1.82, 2.24) is 5.32 Å². The van der Waals surface area contributed by atoms with Crippen LogP contribution in [0.3, 0.4) is 0 Å². The molecule has 19 heavy (non-hydrogen) atoms. The van der Waals surface area contributed by atoms with Crippen LogP contribution in [0.15, 0.2) is 24.3 Å². The van der Waals surface area contributed by atoms with Gasteiger partial charge < -0.3 is 14.8 Å². The van der Waals surface area contributed by atoms with Gasteiger partial charge in [0.2, 0.25) is 0 Å². The van der Waals surface area contributed by atoms with Crippen LogP contribution in [0.1, 0.15) is 38.8 Å². The SMILES string of the molecule is CC(C)NCc1ccccc1COCCOC(C)C. The average molecular weight is 265 g/mol. The molecule has 0 fully saturated rings. The zero-order valence-corrected chi connectivity index (χ0v) is 12.6. The van der Waals surface area contributed by atoms with E-state index in [1.54, 1.807) is 0 Å². The van der Waals surface area contributed by atoms with E-state index in [1.807, 2.05) is 13.8 Å². The monoisotopic (exact) mass is 265 g/mol. The molecule has 0 atom stereocenters. The van der Waals surface area contributed by atoms with Gasteiger partial charge in [0.15, 0.2) is 0 Å². The van der Waals surface area contributed by atoms with Crippen LogP contribution in [0, 0.1) is 0 Å². The molecule has 0 aliphatic carbocycles. The van der Waals surface area contributed by atoms with E-state index in [0.29, 0.717) is 25.9 Å². The highest BCUT2D eigenvalue weighted by atomic mass is 16.5. The summed E-state index contributed by atoms with van der Waals surface area (Å²) in [7, 11) is 0. The van der Waals surface area contributed by atoms with Crippen LogP contribution >= 0.6 is 0 Å². The first-order chi connectivity index (χ1) is 9.09. The second kappa shape index (κ2) is 9.08. The van der Waals surface area contributed by atoms with Gasteiger partial charge in [-0.3, -0.25) is 0 Å². The lowest BCUT2D eigenvalue weighted by molar-refractivity contribution is 0.0141. The minimum atomic E-state index is 0.270. The lowest BCUT2D eigenvalue weighted by Gasteiger charge is -2.13. The van der Waals surface area contributed by atoms with Crippen molar-refractivity contribution in [1.29, 1.82) is 0 Å². The van der Waals surface area contributed by atoms with Gasteiger partial charge in [-0.2, -0.15) is 0 Å². The van der Waals surface area contributed by atoms with Crippen molar-refractivity contribution in [3.8, 4) is 0 Å². The molecular weight excluding hydrogens is 238 g/mol. The number of nitrogens with one attached hydrogen (secondary N) is 1. The van der Waals surface area contributed by atoms with Gasteiger partial charge in [-0.25, -0.2) is 0 Å². The lowest BCUT2D eigenvalue weighted by Crippen LogP contribution is -2.22. The molecule has 108 valence electrons. The maximum Gasteiger partial charge on any atom is 0.0721 e. The predicted octanol–water partition coefficient (Wildman–Crippen LogP) is 3.13. The fraction of sp³-hybridized carbons (Fsp3) is 0.625. The van der Waals surface area contributed by atoms with Gasteiger partial charge in [0.25, 0.3) is 0 Å². The Bertz CT molecular complexity index is 350. The quantitative estimate of drug-likeness (QED) is 0.696. The summed E-state index contributed by atoms with van der Waals surface area (Å²) < 4.78 is 11.1. The van der Waals surface area contributed by atoms with Crippen molar-refractivity contribution in [3.05, 3.63) is 35.4 Å². The van der Waals surface area contributed by atoms with Gasteiger partial charge in [0, 0.05) is 12.6 Å². The summed E-state index contributed by atoms with van der Waals surface area (Å²) in [5, 5.41) is 3.44. The minimum absolute atomic E-state index is 0.270. The zero-order chi connectivity index (χ0) is 14.1. The predicted molar refractivity (Wildman–Crippen MR) is 79.2 cm³/mol. The van der Waals surface area contributed by atoms with Gasteiger partial charge in [-0.05, 0) is 25.0 Å². The number of rotatable bonds is 9. The van der Waals surface area contributed by atoms with E-state index in [2.05, 4.69) is 43.4 Å². The fourth-order valence-electron chi connectivity index (χ4n) is 1.71. The summed E-state index contributed by atoms with van der Waals surface area (Å²) >= 11 is 0. The van der Waals surface area contributed by atoms with E-state index in [0.717, 1.165) is 6.54 Å². The van der Waals surface area contributed by atoms with Gasteiger partial charge in [0.1, 0.15) is 0 Å². The first kappa shape index (κ1) is 16.2. The molecule has 3 nitrogen and oxygen atoms in total. The summed E-state index contributed by atoms with van der Waals surface area (Å²) in [6, 6.07) is 8.90. The van der Waals surface area contributed by atoms with Crippen molar-refractivity contribution in [2.24, 2.45) is 0 Å². The van der Waals surface area contributed by atoms with E-state index >= 15 is 0 Å². The Morgan fingerprint density at radius 3 is 2.32 bits per heavy atom. The Balaban J connectivity index is 2.35. The molecule has 0 radical (unpaired) electrons. The summed E-state index contributed by atoms with van der Waals surface area (Å²) in [5.74, 6) is 0.